The van der Waals surface area contributed by atoms with Crippen molar-refractivity contribution in [2.24, 2.45) is 0 Å². The number of anilines is 2. The number of rotatable bonds is 5. The molecule has 0 amide bonds. The highest BCUT2D eigenvalue weighted by atomic mass is 19.2. The van der Waals surface area contributed by atoms with Gasteiger partial charge in [-0.25, -0.2) is 18.7 Å². The Bertz CT molecular complexity index is 926. The maximum Gasteiger partial charge on any atom is 0.251 e. The van der Waals surface area contributed by atoms with Crippen molar-refractivity contribution >= 4 is 11.6 Å². The summed E-state index contributed by atoms with van der Waals surface area (Å²) in [7, 11) is 0. The summed E-state index contributed by atoms with van der Waals surface area (Å²) in [4.78, 5) is 14.9. The summed E-state index contributed by atoms with van der Waals surface area (Å²) in [6.07, 6.45) is 2.05. The van der Waals surface area contributed by atoms with E-state index in [1.54, 1.807) is 6.07 Å². The van der Waals surface area contributed by atoms with Crippen molar-refractivity contribution in [3.8, 4) is 0 Å². The van der Waals surface area contributed by atoms with Crippen LogP contribution in [-0.4, -0.2) is 52.2 Å². The molecule has 2 aliphatic heterocycles. The molecule has 148 valence electrons. The first kappa shape index (κ1) is 17.8. The molecule has 1 saturated carbocycles. The topological polar surface area (TPSA) is 63.2 Å². The molecule has 1 aliphatic carbocycles. The van der Waals surface area contributed by atoms with Crippen LogP contribution in [0.1, 0.15) is 41.8 Å². The summed E-state index contributed by atoms with van der Waals surface area (Å²) in [5, 5.41) is 2.73. The van der Waals surface area contributed by atoms with Crippen LogP contribution in [-0.2, 0) is 4.74 Å². The van der Waals surface area contributed by atoms with Gasteiger partial charge in [0.05, 0.1) is 24.9 Å². The van der Waals surface area contributed by atoms with Gasteiger partial charge in [0.25, 0.3) is 5.95 Å². The standard InChI is InChI=1S/C19H20F3N5O/c1-9-15(20)17(22)26-19(16(9)21)25-14-4-13(23-18(24-14)10-2-3-10)11-5-27(6-11)12-7-28-8-12/h4,10-12H,2-3,5-8H2,1H3,(H,23,24,25,26). The Hall–Kier alpha value is -2.26. The number of nitrogens with zero attached hydrogens (tertiary/aromatic N) is 4. The fraction of sp³-hybridized carbons (Fsp3) is 0.526. The number of ether oxygens (including phenoxy) is 1. The van der Waals surface area contributed by atoms with Gasteiger partial charge in [-0.2, -0.15) is 9.37 Å². The van der Waals surface area contributed by atoms with E-state index in [1.165, 1.54) is 6.92 Å². The molecular formula is C19H20F3N5O. The van der Waals surface area contributed by atoms with Crippen LogP contribution < -0.4 is 5.32 Å². The van der Waals surface area contributed by atoms with Crippen LogP contribution in [0, 0.1) is 24.5 Å². The summed E-state index contributed by atoms with van der Waals surface area (Å²) in [6.45, 7) is 4.51. The van der Waals surface area contributed by atoms with E-state index in [0.717, 1.165) is 44.8 Å². The van der Waals surface area contributed by atoms with Crippen molar-refractivity contribution in [1.29, 1.82) is 0 Å². The first-order valence-corrected chi connectivity index (χ1v) is 9.48. The zero-order valence-corrected chi connectivity index (χ0v) is 15.4. The number of hydrogen-bond acceptors (Lipinski definition) is 6. The molecule has 6 nitrogen and oxygen atoms in total. The van der Waals surface area contributed by atoms with Crippen molar-refractivity contribution in [2.75, 3.05) is 31.6 Å². The van der Waals surface area contributed by atoms with Crippen molar-refractivity contribution in [2.45, 2.75) is 37.6 Å². The van der Waals surface area contributed by atoms with Crippen molar-refractivity contribution in [1.82, 2.24) is 19.9 Å². The lowest BCUT2D eigenvalue weighted by Gasteiger charge is -2.47. The van der Waals surface area contributed by atoms with Crippen LogP contribution in [0.15, 0.2) is 6.07 Å². The Kier molecular flexibility index (Phi) is 4.24. The number of pyridine rings is 1. The Morgan fingerprint density at radius 1 is 1.04 bits per heavy atom. The monoisotopic (exact) mass is 391 g/mol. The maximum atomic E-state index is 14.3. The van der Waals surface area contributed by atoms with Crippen LogP contribution in [0.3, 0.4) is 0 Å². The van der Waals surface area contributed by atoms with Gasteiger partial charge in [0.2, 0.25) is 0 Å². The first-order chi connectivity index (χ1) is 13.5. The minimum Gasteiger partial charge on any atom is -0.378 e. The maximum absolute atomic E-state index is 14.3. The minimum absolute atomic E-state index is 0.270. The molecule has 1 N–H and O–H groups in total. The molecule has 2 saturated heterocycles. The minimum atomic E-state index is -1.34. The van der Waals surface area contributed by atoms with E-state index in [4.69, 9.17) is 9.72 Å². The van der Waals surface area contributed by atoms with Gasteiger partial charge in [0, 0.05) is 36.6 Å². The van der Waals surface area contributed by atoms with Crippen LogP contribution in [0.2, 0.25) is 0 Å². The number of nitrogens with one attached hydrogen (secondary N) is 1. The highest BCUT2D eigenvalue weighted by molar-refractivity contribution is 5.54. The zero-order valence-electron chi connectivity index (χ0n) is 15.4. The second-order valence-corrected chi connectivity index (χ2v) is 7.78. The molecule has 0 bridgehead atoms. The van der Waals surface area contributed by atoms with E-state index in [0.29, 0.717) is 23.6 Å². The van der Waals surface area contributed by atoms with E-state index in [1.807, 2.05) is 0 Å². The highest BCUT2D eigenvalue weighted by Gasteiger charge is 2.38. The predicted molar refractivity (Wildman–Crippen MR) is 95.1 cm³/mol. The van der Waals surface area contributed by atoms with Crippen molar-refractivity contribution in [3.05, 3.63) is 40.7 Å². The van der Waals surface area contributed by atoms with E-state index in [-0.39, 0.29) is 11.7 Å². The third kappa shape index (κ3) is 3.12. The fourth-order valence-corrected chi connectivity index (χ4v) is 3.54. The van der Waals surface area contributed by atoms with Crippen LogP contribution >= 0.6 is 0 Å². The molecule has 0 unspecified atom stereocenters. The van der Waals surface area contributed by atoms with Gasteiger partial charge in [0.1, 0.15) is 11.6 Å². The summed E-state index contributed by atoms with van der Waals surface area (Å²) in [5.41, 5.74) is 0.472. The number of aromatic nitrogens is 3. The van der Waals surface area contributed by atoms with Crippen molar-refractivity contribution < 1.29 is 17.9 Å². The molecule has 0 aromatic carbocycles. The molecule has 3 fully saturated rings. The van der Waals surface area contributed by atoms with Crippen LogP contribution in [0.25, 0.3) is 0 Å². The lowest BCUT2D eigenvalue weighted by atomic mass is 9.93. The van der Waals surface area contributed by atoms with Gasteiger partial charge in [0.15, 0.2) is 17.5 Å². The van der Waals surface area contributed by atoms with Crippen molar-refractivity contribution in [3.63, 3.8) is 0 Å². The molecule has 28 heavy (non-hydrogen) atoms. The summed E-state index contributed by atoms with van der Waals surface area (Å²) < 4.78 is 46.7. The van der Waals surface area contributed by atoms with E-state index < -0.39 is 23.1 Å². The van der Waals surface area contributed by atoms with Gasteiger partial charge in [-0.15, -0.1) is 0 Å². The molecule has 0 atom stereocenters. The largest absolute Gasteiger partial charge is 0.378 e. The normalized spacial score (nSPS) is 20.7. The number of halogens is 3. The highest BCUT2D eigenvalue weighted by Crippen LogP contribution is 2.40. The Morgan fingerprint density at radius 3 is 2.43 bits per heavy atom. The smallest absolute Gasteiger partial charge is 0.251 e. The average molecular weight is 391 g/mol. The van der Waals surface area contributed by atoms with Crippen LogP contribution in [0.5, 0.6) is 0 Å². The van der Waals surface area contributed by atoms with Gasteiger partial charge in [-0.3, -0.25) is 4.90 Å². The van der Waals surface area contributed by atoms with E-state index in [9.17, 15) is 13.2 Å². The lowest BCUT2D eigenvalue weighted by molar-refractivity contribution is -0.0909. The number of hydrogen-bond donors (Lipinski definition) is 1. The third-order valence-corrected chi connectivity index (χ3v) is 5.67. The van der Waals surface area contributed by atoms with Gasteiger partial charge in [-0.1, -0.05) is 0 Å². The molecular weight excluding hydrogens is 371 g/mol. The molecule has 0 spiro atoms. The molecule has 3 aliphatic rings. The van der Waals surface area contributed by atoms with E-state index >= 15 is 0 Å². The SMILES string of the molecule is Cc1c(F)c(F)nc(Nc2cc(C3CN(C4COC4)C3)nc(C3CC3)n2)c1F. The van der Waals surface area contributed by atoms with E-state index in [2.05, 4.69) is 20.2 Å². The van der Waals surface area contributed by atoms with Gasteiger partial charge < -0.3 is 10.1 Å². The van der Waals surface area contributed by atoms with Crippen LogP contribution in [0.4, 0.5) is 24.8 Å². The second kappa shape index (κ2) is 6.66. The Balaban J connectivity index is 1.41. The molecule has 4 heterocycles. The summed E-state index contributed by atoms with van der Waals surface area (Å²) in [5.74, 6) is -2.27. The van der Waals surface area contributed by atoms with Gasteiger partial charge in [-0.05, 0) is 19.8 Å². The zero-order chi connectivity index (χ0) is 19.4. The Labute approximate surface area is 160 Å². The lowest BCUT2D eigenvalue weighted by Crippen LogP contribution is -2.58. The summed E-state index contributed by atoms with van der Waals surface area (Å²) in [6, 6.07) is 2.24. The summed E-state index contributed by atoms with van der Waals surface area (Å²) >= 11 is 0. The molecule has 0 radical (unpaired) electrons. The predicted octanol–water partition coefficient (Wildman–Crippen LogP) is 3.02. The average Bonchev–Trinajstić information content (AvgIpc) is 3.43. The Morgan fingerprint density at radius 2 is 1.79 bits per heavy atom. The molecule has 9 heteroatoms. The molecule has 2 aromatic rings. The fourth-order valence-electron chi connectivity index (χ4n) is 3.54. The molecule has 5 rings (SSSR count). The molecule has 2 aromatic heterocycles. The van der Waals surface area contributed by atoms with Gasteiger partial charge >= 0.3 is 0 Å². The number of likely N-dealkylation sites (tertiary alicyclic amines) is 1. The quantitative estimate of drug-likeness (QED) is 0.791. The first-order valence-electron chi connectivity index (χ1n) is 9.48. The second-order valence-electron chi connectivity index (χ2n) is 7.78. The third-order valence-electron chi connectivity index (χ3n) is 5.67.